The zero-order valence-corrected chi connectivity index (χ0v) is 13.6. The Hall–Kier alpha value is -1.97. The molecule has 2 aromatic rings. The maximum atomic E-state index is 13.6. The summed E-state index contributed by atoms with van der Waals surface area (Å²) in [5.41, 5.74) is 1.41. The average molecular weight is 374 g/mol. The molecule has 2 aromatic carbocycles. The summed E-state index contributed by atoms with van der Waals surface area (Å²) in [4.78, 5) is -0.555. The van der Waals surface area contributed by atoms with E-state index in [4.69, 9.17) is 0 Å². The highest BCUT2D eigenvalue weighted by atomic mass is 32.2. The van der Waals surface area contributed by atoms with E-state index in [0.29, 0.717) is 24.2 Å². The molecule has 1 aliphatic heterocycles. The van der Waals surface area contributed by atoms with Crippen molar-refractivity contribution >= 4 is 10.0 Å². The van der Waals surface area contributed by atoms with Crippen LogP contribution in [0.5, 0.6) is 0 Å². The molecule has 9 heteroatoms. The molecule has 0 unspecified atom stereocenters. The van der Waals surface area contributed by atoms with E-state index in [9.17, 15) is 26.0 Å². The normalized spacial score (nSPS) is 14.6. The fraction of sp³-hybridized carbons (Fsp3) is 0.250. The zero-order valence-electron chi connectivity index (χ0n) is 12.8. The first-order chi connectivity index (χ1) is 11.7. The van der Waals surface area contributed by atoms with Gasteiger partial charge in [0, 0.05) is 19.6 Å². The third kappa shape index (κ3) is 3.83. The Morgan fingerprint density at radius 2 is 1.76 bits per heavy atom. The maximum absolute atomic E-state index is 13.6. The molecule has 1 heterocycles. The van der Waals surface area contributed by atoms with Gasteiger partial charge in [-0.3, -0.25) is 0 Å². The molecule has 0 saturated carbocycles. The van der Waals surface area contributed by atoms with E-state index in [0.717, 1.165) is 23.7 Å². The number of rotatable bonds is 4. The molecule has 0 spiro atoms. The lowest BCUT2D eigenvalue weighted by atomic mass is 10.1. The van der Waals surface area contributed by atoms with Crippen LogP contribution in [0, 0.1) is 5.82 Å². The molecule has 4 nitrogen and oxygen atoms in total. The lowest BCUT2D eigenvalue weighted by Gasteiger charge is -2.11. The monoisotopic (exact) mass is 374 g/mol. The summed E-state index contributed by atoms with van der Waals surface area (Å²) in [6.45, 7) is 1.41. The van der Waals surface area contributed by atoms with Gasteiger partial charge in [0.25, 0.3) is 0 Å². The largest absolute Gasteiger partial charge is 0.419 e. The smallest absolute Gasteiger partial charge is 0.309 e. The van der Waals surface area contributed by atoms with Crippen molar-refractivity contribution in [3.8, 4) is 0 Å². The fourth-order valence-corrected chi connectivity index (χ4v) is 3.64. The lowest BCUT2D eigenvalue weighted by molar-refractivity contribution is -0.140. The summed E-state index contributed by atoms with van der Waals surface area (Å²) in [7, 11) is -4.13. The number of hydrogen-bond acceptors (Lipinski definition) is 3. The number of alkyl halides is 3. The Labute approximate surface area is 141 Å². The van der Waals surface area contributed by atoms with Crippen molar-refractivity contribution in [2.75, 3.05) is 0 Å². The van der Waals surface area contributed by atoms with Crippen molar-refractivity contribution in [1.29, 1.82) is 0 Å². The van der Waals surface area contributed by atoms with E-state index in [1.807, 2.05) is 12.1 Å². The third-order valence-corrected chi connectivity index (χ3v) is 5.32. The lowest BCUT2D eigenvalue weighted by Crippen LogP contribution is -2.23. The van der Waals surface area contributed by atoms with Crippen LogP contribution in [0.4, 0.5) is 17.6 Å². The van der Waals surface area contributed by atoms with Gasteiger partial charge in [-0.1, -0.05) is 18.2 Å². The topological polar surface area (TPSA) is 58.2 Å². The van der Waals surface area contributed by atoms with E-state index in [-0.39, 0.29) is 6.54 Å². The average Bonchev–Trinajstić information content (AvgIpc) is 2.99. The molecule has 134 valence electrons. The predicted molar refractivity (Wildman–Crippen MR) is 82.4 cm³/mol. The minimum atomic E-state index is -4.88. The van der Waals surface area contributed by atoms with Crippen LogP contribution in [0.25, 0.3) is 0 Å². The van der Waals surface area contributed by atoms with Crippen molar-refractivity contribution in [1.82, 2.24) is 10.0 Å². The van der Waals surface area contributed by atoms with Gasteiger partial charge in [-0.15, -0.1) is 0 Å². The molecule has 0 bridgehead atoms. The number of benzene rings is 2. The van der Waals surface area contributed by atoms with Gasteiger partial charge in [-0.2, -0.15) is 13.2 Å². The number of fused-ring (bicyclic) bond motifs is 1. The first-order valence-electron chi connectivity index (χ1n) is 7.34. The minimum absolute atomic E-state index is 0.0434. The van der Waals surface area contributed by atoms with E-state index in [2.05, 4.69) is 10.0 Å². The molecule has 0 saturated heterocycles. The summed E-state index contributed by atoms with van der Waals surface area (Å²) < 4.78 is 77.8. The number of hydrogen-bond donors (Lipinski definition) is 2. The molecule has 0 aromatic heterocycles. The van der Waals surface area contributed by atoms with Crippen LogP contribution < -0.4 is 10.0 Å². The molecule has 1 aliphatic rings. The van der Waals surface area contributed by atoms with Crippen LogP contribution >= 0.6 is 0 Å². The molecule has 0 atom stereocenters. The van der Waals surface area contributed by atoms with Crippen LogP contribution in [0.3, 0.4) is 0 Å². The predicted octanol–water partition coefficient (Wildman–Crippen LogP) is 2.93. The van der Waals surface area contributed by atoms with Crippen molar-refractivity contribution in [3.63, 3.8) is 0 Å². The first-order valence-corrected chi connectivity index (χ1v) is 8.83. The third-order valence-electron chi connectivity index (χ3n) is 3.92. The summed E-state index contributed by atoms with van der Waals surface area (Å²) in [5, 5.41) is 3.16. The van der Waals surface area contributed by atoms with Gasteiger partial charge in [0.1, 0.15) is 5.82 Å². The van der Waals surface area contributed by atoms with Crippen LogP contribution in [-0.2, 0) is 35.8 Å². The Balaban J connectivity index is 1.77. The van der Waals surface area contributed by atoms with Crippen molar-refractivity contribution in [2.24, 2.45) is 0 Å². The Morgan fingerprint density at radius 3 is 2.44 bits per heavy atom. The molecular formula is C16H14F4N2O2S. The van der Waals surface area contributed by atoms with E-state index < -0.39 is 32.5 Å². The number of sulfonamides is 1. The standard InChI is InChI=1S/C16H14F4N2O2S/c17-15-6-13(3-4-14(15)16(18,19)20)25(23,24)22-7-10-1-2-11-8-21-9-12(11)5-10/h1-6,21-22H,7-9H2. The molecule has 0 radical (unpaired) electrons. The Bertz CT molecular complexity index is 911. The molecule has 25 heavy (non-hydrogen) atoms. The highest BCUT2D eigenvalue weighted by Crippen LogP contribution is 2.32. The van der Waals surface area contributed by atoms with Crippen LogP contribution in [-0.4, -0.2) is 8.42 Å². The molecule has 3 rings (SSSR count). The number of halogens is 4. The van der Waals surface area contributed by atoms with Crippen molar-refractivity contribution < 1.29 is 26.0 Å². The number of nitrogens with one attached hydrogen (secondary N) is 2. The minimum Gasteiger partial charge on any atom is -0.309 e. The van der Waals surface area contributed by atoms with Gasteiger partial charge in [0.2, 0.25) is 10.0 Å². The van der Waals surface area contributed by atoms with Gasteiger partial charge >= 0.3 is 6.18 Å². The molecule has 2 N–H and O–H groups in total. The van der Waals surface area contributed by atoms with Gasteiger partial charge in [0.15, 0.2) is 0 Å². The highest BCUT2D eigenvalue weighted by Gasteiger charge is 2.34. The highest BCUT2D eigenvalue weighted by molar-refractivity contribution is 7.89. The second-order valence-corrected chi connectivity index (χ2v) is 7.44. The fourth-order valence-electron chi connectivity index (χ4n) is 2.61. The Morgan fingerprint density at radius 1 is 1.04 bits per heavy atom. The Kier molecular flexibility index (Phi) is 4.56. The first kappa shape index (κ1) is 17.8. The maximum Gasteiger partial charge on any atom is 0.419 e. The van der Waals surface area contributed by atoms with Crippen LogP contribution in [0.1, 0.15) is 22.3 Å². The molecule has 0 aliphatic carbocycles. The summed E-state index contributed by atoms with van der Waals surface area (Å²) in [5.74, 6) is -1.63. The van der Waals surface area contributed by atoms with Crippen molar-refractivity contribution in [2.45, 2.75) is 30.7 Å². The van der Waals surface area contributed by atoms with E-state index in [1.165, 1.54) is 0 Å². The second kappa shape index (κ2) is 6.40. The molecule has 0 amide bonds. The van der Waals surface area contributed by atoms with Gasteiger partial charge in [-0.05, 0) is 34.9 Å². The summed E-state index contributed by atoms with van der Waals surface area (Å²) in [6, 6.07) is 7.03. The van der Waals surface area contributed by atoms with Crippen LogP contribution in [0.15, 0.2) is 41.3 Å². The summed E-state index contributed by atoms with van der Waals surface area (Å²) in [6.07, 6.45) is -4.88. The van der Waals surface area contributed by atoms with Gasteiger partial charge in [-0.25, -0.2) is 17.5 Å². The quantitative estimate of drug-likeness (QED) is 0.809. The van der Waals surface area contributed by atoms with Crippen molar-refractivity contribution in [3.05, 3.63) is 64.5 Å². The molecular weight excluding hydrogens is 360 g/mol. The zero-order chi connectivity index (χ0) is 18.2. The van der Waals surface area contributed by atoms with Gasteiger partial charge < -0.3 is 5.32 Å². The summed E-state index contributed by atoms with van der Waals surface area (Å²) >= 11 is 0. The molecule has 0 fully saturated rings. The van der Waals surface area contributed by atoms with Gasteiger partial charge in [0.05, 0.1) is 10.5 Å². The van der Waals surface area contributed by atoms with E-state index in [1.54, 1.807) is 6.07 Å². The second-order valence-electron chi connectivity index (χ2n) is 5.67. The van der Waals surface area contributed by atoms with Crippen LogP contribution in [0.2, 0.25) is 0 Å². The van der Waals surface area contributed by atoms with E-state index >= 15 is 0 Å². The SMILES string of the molecule is O=S(=O)(NCc1ccc2c(c1)CNC2)c1ccc(C(F)(F)F)c(F)c1.